The predicted molar refractivity (Wildman–Crippen MR) is 63.8 cm³/mol. The zero-order chi connectivity index (χ0) is 11.6. The van der Waals surface area contributed by atoms with E-state index >= 15 is 0 Å². The first-order chi connectivity index (χ1) is 6.91. The number of phenols is 1. The Bertz CT molecular complexity index is 400. The molecule has 0 saturated carbocycles. The van der Waals surface area contributed by atoms with Crippen molar-refractivity contribution in [3.05, 3.63) is 36.8 Å². The third kappa shape index (κ3) is 3.32. The summed E-state index contributed by atoms with van der Waals surface area (Å²) >= 11 is 11.8. The summed E-state index contributed by atoms with van der Waals surface area (Å²) in [7, 11) is 0. The van der Waals surface area contributed by atoms with Crippen molar-refractivity contribution >= 4 is 43.5 Å². The molecule has 0 radical (unpaired) electrons. The first-order valence-electron chi connectivity index (χ1n) is 3.86. The Morgan fingerprint density at radius 3 is 2.67 bits per heavy atom. The molecule has 0 saturated heterocycles. The van der Waals surface area contributed by atoms with Crippen LogP contribution in [-0.2, 0) is 6.42 Å². The molecule has 0 spiro atoms. The molecule has 0 aromatic heterocycles. The van der Waals surface area contributed by atoms with Crippen molar-refractivity contribution < 1.29 is 10.0 Å². The Balaban J connectivity index is 2.99. The van der Waals surface area contributed by atoms with Crippen LogP contribution in [0.3, 0.4) is 0 Å². The SMILES string of the molecule is O=[N+]([O-])C(Cl)Cc1cc(Br)cc(Br)c1O. The van der Waals surface area contributed by atoms with Crippen LogP contribution in [0, 0.1) is 10.1 Å². The van der Waals surface area contributed by atoms with Crippen molar-refractivity contribution in [1.29, 1.82) is 0 Å². The lowest BCUT2D eigenvalue weighted by Gasteiger charge is -2.07. The average molecular weight is 359 g/mol. The minimum absolute atomic E-state index is 0.0225. The fraction of sp³-hybridized carbons (Fsp3) is 0.250. The van der Waals surface area contributed by atoms with Gasteiger partial charge >= 0.3 is 0 Å². The van der Waals surface area contributed by atoms with E-state index in [4.69, 9.17) is 11.6 Å². The van der Waals surface area contributed by atoms with Crippen molar-refractivity contribution in [3.63, 3.8) is 0 Å². The third-order valence-electron chi connectivity index (χ3n) is 1.72. The highest BCUT2D eigenvalue weighted by molar-refractivity contribution is 9.11. The summed E-state index contributed by atoms with van der Waals surface area (Å²) in [6, 6.07) is 3.24. The smallest absolute Gasteiger partial charge is 0.290 e. The molecule has 1 aromatic rings. The van der Waals surface area contributed by atoms with Gasteiger partial charge in [-0.15, -0.1) is 0 Å². The van der Waals surface area contributed by atoms with Crippen molar-refractivity contribution in [1.82, 2.24) is 0 Å². The van der Waals surface area contributed by atoms with E-state index in [1.807, 2.05) is 0 Å². The van der Waals surface area contributed by atoms with E-state index in [9.17, 15) is 15.2 Å². The molecule has 15 heavy (non-hydrogen) atoms. The van der Waals surface area contributed by atoms with Crippen LogP contribution in [0.2, 0.25) is 0 Å². The van der Waals surface area contributed by atoms with Gasteiger partial charge in [0.15, 0.2) is 0 Å². The second-order valence-corrected chi connectivity index (χ2v) is 5.09. The fourth-order valence-electron chi connectivity index (χ4n) is 1.03. The Morgan fingerprint density at radius 1 is 1.53 bits per heavy atom. The Kier molecular flexibility index (Phi) is 4.36. The summed E-state index contributed by atoms with van der Waals surface area (Å²) in [4.78, 5) is 9.75. The molecule has 0 aliphatic rings. The summed E-state index contributed by atoms with van der Waals surface area (Å²) in [5.41, 5.74) is -0.815. The van der Waals surface area contributed by atoms with Crippen LogP contribution in [0.25, 0.3) is 0 Å². The minimum atomic E-state index is -1.24. The molecule has 1 N–H and O–H groups in total. The molecule has 1 rings (SSSR count). The predicted octanol–water partition coefficient (Wildman–Crippen LogP) is 3.30. The molecule has 1 atom stereocenters. The summed E-state index contributed by atoms with van der Waals surface area (Å²) in [6.45, 7) is 0. The molecule has 0 amide bonds. The van der Waals surface area contributed by atoms with Gasteiger partial charge in [0.25, 0.3) is 5.50 Å². The number of aromatic hydroxyl groups is 1. The highest BCUT2D eigenvalue weighted by Crippen LogP contribution is 2.32. The molecule has 0 aliphatic heterocycles. The average Bonchev–Trinajstić information content (AvgIpc) is 2.13. The van der Waals surface area contributed by atoms with E-state index < -0.39 is 10.4 Å². The number of rotatable bonds is 3. The van der Waals surface area contributed by atoms with Crippen LogP contribution in [0.4, 0.5) is 0 Å². The summed E-state index contributed by atoms with van der Waals surface area (Å²) < 4.78 is 1.19. The molecule has 1 aromatic carbocycles. The maximum atomic E-state index is 10.4. The maximum Gasteiger partial charge on any atom is 0.290 e. The summed E-state index contributed by atoms with van der Waals surface area (Å²) in [5, 5.41) is 20.0. The van der Waals surface area contributed by atoms with Crippen LogP contribution >= 0.6 is 43.5 Å². The van der Waals surface area contributed by atoms with E-state index in [-0.39, 0.29) is 12.2 Å². The molecular formula is C8H6Br2ClNO3. The van der Waals surface area contributed by atoms with E-state index in [2.05, 4.69) is 31.9 Å². The molecule has 4 nitrogen and oxygen atoms in total. The Hall–Kier alpha value is -0.330. The van der Waals surface area contributed by atoms with E-state index in [0.717, 1.165) is 4.47 Å². The van der Waals surface area contributed by atoms with Gasteiger partial charge in [0.2, 0.25) is 0 Å². The quantitative estimate of drug-likeness (QED) is 0.390. The lowest BCUT2D eigenvalue weighted by molar-refractivity contribution is -0.497. The molecule has 0 aliphatic carbocycles. The summed E-state index contributed by atoms with van der Waals surface area (Å²) in [6.07, 6.45) is -0.0293. The number of nitro groups is 1. The van der Waals surface area contributed by atoms with E-state index in [1.165, 1.54) is 0 Å². The number of benzene rings is 1. The standard InChI is InChI=1S/C8H6Br2ClNO3/c9-5-1-4(2-7(11)12(14)15)8(13)6(10)3-5/h1,3,7,13H,2H2. The lowest BCUT2D eigenvalue weighted by Crippen LogP contribution is -2.15. The Labute approximate surface area is 108 Å². The zero-order valence-electron chi connectivity index (χ0n) is 7.28. The number of phenolic OH excluding ortho intramolecular Hbond substituents is 1. The molecule has 0 heterocycles. The van der Waals surface area contributed by atoms with Gasteiger partial charge in [0.1, 0.15) is 5.75 Å². The molecular weight excluding hydrogens is 353 g/mol. The number of alkyl halides is 1. The van der Waals surface area contributed by atoms with E-state index in [1.54, 1.807) is 12.1 Å². The van der Waals surface area contributed by atoms with Gasteiger partial charge in [-0.2, -0.15) is 0 Å². The van der Waals surface area contributed by atoms with Gasteiger partial charge in [-0.25, -0.2) is 0 Å². The number of nitrogens with zero attached hydrogens (tertiary/aromatic N) is 1. The first kappa shape index (κ1) is 12.7. The number of hydrogen-bond acceptors (Lipinski definition) is 3. The van der Waals surface area contributed by atoms with Crippen LogP contribution in [0.5, 0.6) is 5.75 Å². The monoisotopic (exact) mass is 357 g/mol. The van der Waals surface area contributed by atoms with Crippen LogP contribution in [0.1, 0.15) is 5.56 Å². The second kappa shape index (κ2) is 5.14. The normalized spacial score (nSPS) is 12.5. The van der Waals surface area contributed by atoms with E-state index in [0.29, 0.717) is 10.0 Å². The fourth-order valence-corrected chi connectivity index (χ4v) is 2.51. The maximum absolute atomic E-state index is 10.4. The van der Waals surface area contributed by atoms with Crippen LogP contribution < -0.4 is 0 Å². The van der Waals surface area contributed by atoms with Gasteiger partial charge in [-0.1, -0.05) is 15.9 Å². The zero-order valence-corrected chi connectivity index (χ0v) is 11.2. The largest absolute Gasteiger partial charge is 0.506 e. The molecule has 7 heteroatoms. The minimum Gasteiger partial charge on any atom is -0.506 e. The topological polar surface area (TPSA) is 63.4 Å². The van der Waals surface area contributed by atoms with Crippen molar-refractivity contribution in [2.24, 2.45) is 0 Å². The number of hydrogen-bond donors (Lipinski definition) is 1. The van der Waals surface area contributed by atoms with Crippen molar-refractivity contribution in [3.8, 4) is 5.75 Å². The third-order valence-corrected chi connectivity index (χ3v) is 3.10. The molecule has 82 valence electrons. The Morgan fingerprint density at radius 2 is 2.13 bits per heavy atom. The summed E-state index contributed by atoms with van der Waals surface area (Å²) in [5.74, 6) is -0.0225. The highest BCUT2D eigenvalue weighted by atomic mass is 79.9. The molecule has 0 bridgehead atoms. The van der Waals surface area contributed by atoms with Gasteiger partial charge < -0.3 is 5.11 Å². The van der Waals surface area contributed by atoms with Crippen molar-refractivity contribution in [2.45, 2.75) is 11.9 Å². The van der Waals surface area contributed by atoms with Gasteiger partial charge in [0, 0.05) is 15.0 Å². The highest BCUT2D eigenvalue weighted by Gasteiger charge is 2.19. The van der Waals surface area contributed by atoms with Crippen molar-refractivity contribution in [2.75, 3.05) is 0 Å². The first-order valence-corrected chi connectivity index (χ1v) is 5.88. The van der Waals surface area contributed by atoms with Gasteiger partial charge in [0.05, 0.1) is 10.9 Å². The van der Waals surface area contributed by atoms with Gasteiger partial charge in [-0.3, -0.25) is 10.1 Å². The van der Waals surface area contributed by atoms with Gasteiger partial charge in [-0.05, 0) is 39.7 Å². The van der Waals surface area contributed by atoms with Crippen LogP contribution in [-0.4, -0.2) is 15.5 Å². The lowest BCUT2D eigenvalue weighted by atomic mass is 10.1. The molecule has 1 unspecified atom stereocenters. The number of halogens is 3. The molecule has 0 fully saturated rings. The second-order valence-electron chi connectivity index (χ2n) is 2.82. The van der Waals surface area contributed by atoms with Crippen LogP contribution in [0.15, 0.2) is 21.1 Å².